The molecular formula is C16H24N2O. The molecule has 19 heavy (non-hydrogen) atoms. The quantitative estimate of drug-likeness (QED) is 0.878. The van der Waals surface area contributed by atoms with Gasteiger partial charge < -0.3 is 11.1 Å². The Hall–Kier alpha value is -1.35. The van der Waals surface area contributed by atoms with E-state index >= 15 is 0 Å². The van der Waals surface area contributed by atoms with Gasteiger partial charge in [0.05, 0.1) is 6.04 Å². The molecule has 0 heterocycles. The van der Waals surface area contributed by atoms with E-state index in [1.165, 1.54) is 11.1 Å². The van der Waals surface area contributed by atoms with Crippen molar-refractivity contribution in [3.05, 3.63) is 35.4 Å². The molecule has 1 aliphatic carbocycles. The predicted octanol–water partition coefficient (Wildman–Crippen LogP) is 2.69. The van der Waals surface area contributed by atoms with Crippen LogP contribution in [0, 0.1) is 12.8 Å². The van der Waals surface area contributed by atoms with Crippen LogP contribution in [0.25, 0.3) is 0 Å². The average Bonchev–Trinajstić information content (AvgIpc) is 2.39. The summed E-state index contributed by atoms with van der Waals surface area (Å²) < 4.78 is 0. The maximum Gasteiger partial charge on any atom is 0.223 e. The number of aryl methyl sites for hydroxylation is 1. The summed E-state index contributed by atoms with van der Waals surface area (Å²) in [7, 11) is 0. The molecule has 3 nitrogen and oxygen atoms in total. The number of rotatable bonds is 3. The third kappa shape index (κ3) is 3.57. The molecule has 0 saturated heterocycles. The van der Waals surface area contributed by atoms with Gasteiger partial charge in [-0.15, -0.1) is 0 Å². The van der Waals surface area contributed by atoms with Crippen LogP contribution in [0.1, 0.15) is 49.8 Å². The molecule has 3 atom stereocenters. The maximum absolute atomic E-state index is 12.3. The second kappa shape index (κ2) is 6.20. The predicted molar refractivity (Wildman–Crippen MR) is 77.7 cm³/mol. The summed E-state index contributed by atoms with van der Waals surface area (Å²) in [5.74, 6) is 0.251. The fourth-order valence-electron chi connectivity index (χ4n) is 2.95. The van der Waals surface area contributed by atoms with Crippen LogP contribution in [0.3, 0.4) is 0 Å². The number of amides is 1. The van der Waals surface area contributed by atoms with Gasteiger partial charge in [0.15, 0.2) is 0 Å². The normalized spacial score (nSPS) is 24.8. The van der Waals surface area contributed by atoms with E-state index < -0.39 is 0 Å². The second-order valence-electron chi connectivity index (χ2n) is 5.71. The zero-order valence-electron chi connectivity index (χ0n) is 11.9. The molecule has 0 aromatic heterocycles. The Morgan fingerprint density at radius 2 is 2.11 bits per heavy atom. The van der Waals surface area contributed by atoms with E-state index in [1.807, 2.05) is 19.1 Å². The summed E-state index contributed by atoms with van der Waals surface area (Å²) in [4.78, 5) is 12.3. The Bertz CT molecular complexity index is 444. The first-order valence-corrected chi connectivity index (χ1v) is 7.19. The van der Waals surface area contributed by atoms with E-state index in [2.05, 4.69) is 24.4 Å². The summed E-state index contributed by atoms with van der Waals surface area (Å²) in [6, 6.07) is 8.45. The van der Waals surface area contributed by atoms with Gasteiger partial charge in [-0.25, -0.2) is 0 Å². The van der Waals surface area contributed by atoms with Crippen LogP contribution in [0.5, 0.6) is 0 Å². The van der Waals surface area contributed by atoms with Gasteiger partial charge in [-0.3, -0.25) is 4.79 Å². The van der Waals surface area contributed by atoms with E-state index in [0.717, 1.165) is 25.7 Å². The number of carbonyl (C=O) groups is 1. The third-order valence-electron chi connectivity index (χ3n) is 4.10. The molecule has 1 aromatic rings. The Morgan fingerprint density at radius 1 is 1.37 bits per heavy atom. The van der Waals surface area contributed by atoms with E-state index in [0.29, 0.717) is 0 Å². The van der Waals surface area contributed by atoms with Crippen molar-refractivity contribution in [2.75, 3.05) is 0 Å². The molecule has 104 valence electrons. The van der Waals surface area contributed by atoms with E-state index in [-0.39, 0.29) is 23.9 Å². The zero-order chi connectivity index (χ0) is 13.8. The highest BCUT2D eigenvalue weighted by atomic mass is 16.1. The molecule has 2 rings (SSSR count). The smallest absolute Gasteiger partial charge is 0.223 e. The third-order valence-corrected chi connectivity index (χ3v) is 4.10. The lowest BCUT2D eigenvalue weighted by molar-refractivity contribution is -0.126. The molecule has 2 unspecified atom stereocenters. The van der Waals surface area contributed by atoms with Crippen LogP contribution in [-0.4, -0.2) is 11.9 Å². The van der Waals surface area contributed by atoms with E-state index in [9.17, 15) is 4.79 Å². The van der Waals surface area contributed by atoms with Gasteiger partial charge in [-0.2, -0.15) is 0 Å². The number of nitrogens with two attached hydrogens (primary N) is 1. The van der Waals surface area contributed by atoms with Crippen molar-refractivity contribution in [3.63, 3.8) is 0 Å². The minimum Gasteiger partial charge on any atom is -0.349 e. The lowest BCUT2D eigenvalue weighted by atomic mass is 9.85. The highest BCUT2D eigenvalue weighted by Gasteiger charge is 2.26. The molecule has 3 heteroatoms. The number of hydrogen-bond donors (Lipinski definition) is 2. The average molecular weight is 260 g/mol. The molecular weight excluding hydrogens is 236 g/mol. The maximum atomic E-state index is 12.3. The lowest BCUT2D eigenvalue weighted by Crippen LogP contribution is -2.38. The first-order chi connectivity index (χ1) is 9.08. The van der Waals surface area contributed by atoms with Crippen molar-refractivity contribution in [2.24, 2.45) is 11.7 Å². The van der Waals surface area contributed by atoms with Crippen molar-refractivity contribution in [1.29, 1.82) is 0 Å². The van der Waals surface area contributed by atoms with Crippen LogP contribution >= 0.6 is 0 Å². The molecule has 1 fully saturated rings. The largest absolute Gasteiger partial charge is 0.349 e. The molecule has 0 bridgehead atoms. The number of benzene rings is 1. The minimum atomic E-state index is 0.0619. The van der Waals surface area contributed by atoms with Crippen molar-refractivity contribution in [3.8, 4) is 0 Å². The highest BCUT2D eigenvalue weighted by Crippen LogP contribution is 2.24. The minimum absolute atomic E-state index is 0.0619. The Labute approximate surface area is 115 Å². The number of carbonyl (C=O) groups excluding carboxylic acids is 1. The standard InChI is InChI=1S/C16H24N2O/c1-11-6-3-4-9-15(11)12(2)18-16(19)13-7-5-8-14(17)10-13/h3-4,6,9,12-14H,5,7-8,10,17H2,1-2H3,(H,18,19)/t12-,13?,14?/m1/s1. The molecule has 1 saturated carbocycles. The fraction of sp³-hybridized carbons (Fsp3) is 0.562. The van der Waals surface area contributed by atoms with Gasteiger partial charge in [-0.1, -0.05) is 30.7 Å². The van der Waals surface area contributed by atoms with Gasteiger partial charge in [0.25, 0.3) is 0 Å². The number of nitrogens with one attached hydrogen (secondary N) is 1. The van der Waals surface area contributed by atoms with E-state index in [4.69, 9.17) is 5.73 Å². The summed E-state index contributed by atoms with van der Waals surface area (Å²) in [5.41, 5.74) is 8.36. The molecule has 0 radical (unpaired) electrons. The highest BCUT2D eigenvalue weighted by molar-refractivity contribution is 5.79. The summed E-state index contributed by atoms with van der Waals surface area (Å²) in [6.45, 7) is 4.12. The van der Waals surface area contributed by atoms with Crippen LogP contribution in [0.2, 0.25) is 0 Å². The summed E-state index contributed by atoms with van der Waals surface area (Å²) in [5, 5.41) is 3.13. The first-order valence-electron chi connectivity index (χ1n) is 7.19. The van der Waals surface area contributed by atoms with Gasteiger partial charge >= 0.3 is 0 Å². The van der Waals surface area contributed by atoms with Crippen molar-refractivity contribution in [2.45, 2.75) is 51.6 Å². The van der Waals surface area contributed by atoms with Crippen LogP contribution < -0.4 is 11.1 Å². The number of hydrogen-bond acceptors (Lipinski definition) is 2. The van der Waals surface area contributed by atoms with Crippen molar-refractivity contribution in [1.82, 2.24) is 5.32 Å². The van der Waals surface area contributed by atoms with Gasteiger partial charge in [0.2, 0.25) is 5.91 Å². The lowest BCUT2D eigenvalue weighted by Gasteiger charge is -2.27. The van der Waals surface area contributed by atoms with Gasteiger partial charge in [0.1, 0.15) is 0 Å². The molecule has 1 amide bonds. The zero-order valence-corrected chi connectivity index (χ0v) is 11.9. The van der Waals surface area contributed by atoms with Crippen molar-refractivity contribution < 1.29 is 4.79 Å². The van der Waals surface area contributed by atoms with Gasteiger partial charge in [-0.05, 0) is 44.2 Å². The van der Waals surface area contributed by atoms with Crippen molar-refractivity contribution >= 4 is 5.91 Å². The monoisotopic (exact) mass is 260 g/mol. The SMILES string of the molecule is Cc1ccccc1[C@@H](C)NC(=O)C1CCCC(N)C1. The molecule has 0 spiro atoms. The van der Waals surface area contributed by atoms with Crippen LogP contribution in [0.15, 0.2) is 24.3 Å². The molecule has 1 aliphatic rings. The topological polar surface area (TPSA) is 55.1 Å². The molecule has 1 aromatic carbocycles. The Balaban J connectivity index is 1.97. The summed E-state index contributed by atoms with van der Waals surface area (Å²) in [6.07, 6.45) is 3.92. The van der Waals surface area contributed by atoms with Crippen LogP contribution in [-0.2, 0) is 4.79 Å². The Morgan fingerprint density at radius 3 is 2.79 bits per heavy atom. The fourth-order valence-corrected chi connectivity index (χ4v) is 2.95. The van der Waals surface area contributed by atoms with Gasteiger partial charge in [0, 0.05) is 12.0 Å². The van der Waals surface area contributed by atoms with E-state index in [1.54, 1.807) is 0 Å². The Kier molecular flexibility index (Phi) is 4.59. The molecule has 0 aliphatic heterocycles. The van der Waals surface area contributed by atoms with Crippen LogP contribution in [0.4, 0.5) is 0 Å². The summed E-state index contributed by atoms with van der Waals surface area (Å²) >= 11 is 0. The molecule has 3 N–H and O–H groups in total. The first kappa shape index (κ1) is 14.1. The second-order valence-corrected chi connectivity index (χ2v) is 5.71.